The molecule has 3 rings (SSSR count). The van der Waals surface area contributed by atoms with Gasteiger partial charge in [-0.2, -0.15) is 0 Å². The van der Waals surface area contributed by atoms with Crippen molar-refractivity contribution in [1.29, 1.82) is 0 Å². The molecule has 0 bridgehead atoms. The van der Waals surface area contributed by atoms with Gasteiger partial charge in [0.05, 0.1) is 20.5 Å². The van der Waals surface area contributed by atoms with Crippen LogP contribution >= 0.6 is 34.8 Å². The van der Waals surface area contributed by atoms with E-state index in [1.807, 2.05) is 0 Å². The predicted molar refractivity (Wildman–Crippen MR) is 91.8 cm³/mol. The molecule has 0 radical (unpaired) electrons. The number of fused-ring (bicyclic) bond motifs is 1. The number of hydrogen-bond donors (Lipinski definition) is 1. The lowest BCUT2D eigenvalue weighted by Gasteiger charge is -2.10. The van der Waals surface area contributed by atoms with E-state index >= 15 is 0 Å². The topological polar surface area (TPSA) is 72.0 Å². The Morgan fingerprint density at radius 2 is 1.61 bits per heavy atom. The van der Waals surface area contributed by atoms with Crippen molar-refractivity contribution in [1.82, 2.24) is 9.97 Å². The molecule has 23 heavy (non-hydrogen) atoms. The van der Waals surface area contributed by atoms with Gasteiger partial charge in [-0.05, 0) is 24.3 Å². The van der Waals surface area contributed by atoms with Gasteiger partial charge in [-0.25, -0.2) is 18.4 Å². The summed E-state index contributed by atoms with van der Waals surface area (Å²) in [6.07, 6.45) is 0. The van der Waals surface area contributed by atoms with Gasteiger partial charge < -0.3 is 0 Å². The molecule has 0 unspecified atom stereocenters. The SMILES string of the molecule is O=S(=O)(Nc1nc2ccc(Cl)c(Cl)c2nc1Cl)c1ccccc1. The lowest BCUT2D eigenvalue weighted by atomic mass is 10.3. The number of hydrogen-bond acceptors (Lipinski definition) is 4. The van der Waals surface area contributed by atoms with Crippen LogP contribution in [-0.4, -0.2) is 18.4 Å². The summed E-state index contributed by atoms with van der Waals surface area (Å²) in [5.41, 5.74) is 0.668. The quantitative estimate of drug-likeness (QED) is 0.722. The van der Waals surface area contributed by atoms with Gasteiger partial charge in [-0.1, -0.05) is 53.0 Å². The highest BCUT2D eigenvalue weighted by atomic mass is 35.5. The van der Waals surface area contributed by atoms with Crippen LogP contribution in [0.4, 0.5) is 5.82 Å². The number of halogens is 3. The molecule has 3 aromatic rings. The average Bonchev–Trinajstić information content (AvgIpc) is 2.53. The van der Waals surface area contributed by atoms with Gasteiger partial charge in [-0.15, -0.1) is 0 Å². The van der Waals surface area contributed by atoms with Crippen LogP contribution in [0.5, 0.6) is 0 Å². The second kappa shape index (κ2) is 6.13. The van der Waals surface area contributed by atoms with Crippen molar-refractivity contribution in [3.05, 3.63) is 57.7 Å². The van der Waals surface area contributed by atoms with E-state index < -0.39 is 10.0 Å². The zero-order chi connectivity index (χ0) is 16.6. The normalized spacial score (nSPS) is 11.6. The van der Waals surface area contributed by atoms with Crippen molar-refractivity contribution < 1.29 is 8.42 Å². The largest absolute Gasteiger partial charge is 0.263 e. The average molecular weight is 389 g/mol. The van der Waals surface area contributed by atoms with Crippen LogP contribution in [0.1, 0.15) is 0 Å². The van der Waals surface area contributed by atoms with Gasteiger partial charge in [0.25, 0.3) is 10.0 Å². The second-order valence-electron chi connectivity index (χ2n) is 4.51. The first-order valence-corrected chi connectivity index (χ1v) is 8.89. The summed E-state index contributed by atoms with van der Waals surface area (Å²) in [5, 5.41) is 0.388. The molecule has 1 N–H and O–H groups in total. The van der Waals surface area contributed by atoms with Crippen molar-refractivity contribution in [3.63, 3.8) is 0 Å². The van der Waals surface area contributed by atoms with E-state index in [0.717, 1.165) is 0 Å². The Bertz CT molecular complexity index is 995. The molecule has 0 amide bonds. The lowest BCUT2D eigenvalue weighted by Crippen LogP contribution is -2.14. The summed E-state index contributed by atoms with van der Waals surface area (Å²) in [7, 11) is -3.82. The smallest absolute Gasteiger partial charge is 0.261 e. The maximum Gasteiger partial charge on any atom is 0.263 e. The number of rotatable bonds is 3. The number of sulfonamides is 1. The van der Waals surface area contributed by atoms with Gasteiger partial charge in [0, 0.05) is 0 Å². The second-order valence-corrected chi connectivity index (χ2v) is 7.34. The molecule has 1 aromatic heterocycles. The first-order valence-electron chi connectivity index (χ1n) is 6.27. The summed E-state index contributed by atoms with van der Waals surface area (Å²) in [5.74, 6) is -0.0820. The van der Waals surface area contributed by atoms with Crippen molar-refractivity contribution in [2.24, 2.45) is 0 Å². The minimum atomic E-state index is -3.82. The third-order valence-corrected chi connectivity index (χ3v) is 5.38. The fraction of sp³-hybridized carbons (Fsp3) is 0. The number of benzene rings is 2. The van der Waals surface area contributed by atoms with Gasteiger partial charge in [0.15, 0.2) is 11.0 Å². The van der Waals surface area contributed by atoms with Crippen LogP contribution in [0.3, 0.4) is 0 Å². The number of aromatic nitrogens is 2. The Morgan fingerprint density at radius 1 is 0.913 bits per heavy atom. The molecular formula is C14H8Cl3N3O2S. The van der Waals surface area contributed by atoms with E-state index in [2.05, 4.69) is 14.7 Å². The Kier molecular flexibility index (Phi) is 4.33. The molecule has 9 heteroatoms. The van der Waals surface area contributed by atoms with Crippen LogP contribution in [0.2, 0.25) is 15.2 Å². The van der Waals surface area contributed by atoms with Crippen LogP contribution in [0.25, 0.3) is 11.0 Å². The zero-order valence-electron chi connectivity index (χ0n) is 11.3. The van der Waals surface area contributed by atoms with Crippen LogP contribution in [0.15, 0.2) is 47.4 Å². The maximum absolute atomic E-state index is 12.3. The highest BCUT2D eigenvalue weighted by molar-refractivity contribution is 7.92. The molecule has 0 atom stereocenters. The Labute approximate surface area is 147 Å². The fourth-order valence-electron chi connectivity index (χ4n) is 1.89. The van der Waals surface area contributed by atoms with E-state index in [-0.39, 0.29) is 20.9 Å². The standard InChI is InChI=1S/C14H8Cl3N3O2S/c15-9-6-7-10-12(11(9)16)19-13(17)14(18-10)20-23(21,22)8-4-2-1-3-5-8/h1-7H,(H,18,20). The lowest BCUT2D eigenvalue weighted by molar-refractivity contribution is 0.601. The van der Waals surface area contributed by atoms with E-state index in [9.17, 15) is 8.42 Å². The number of nitrogens with zero attached hydrogens (tertiary/aromatic N) is 2. The van der Waals surface area contributed by atoms with Crippen LogP contribution in [-0.2, 0) is 10.0 Å². The molecule has 0 aliphatic carbocycles. The monoisotopic (exact) mass is 387 g/mol. The minimum Gasteiger partial charge on any atom is -0.261 e. The van der Waals surface area contributed by atoms with E-state index in [1.165, 1.54) is 12.1 Å². The minimum absolute atomic E-state index is 0.0820. The molecule has 0 aliphatic heterocycles. The molecular weight excluding hydrogens is 381 g/mol. The molecule has 0 aliphatic rings. The van der Waals surface area contributed by atoms with E-state index in [0.29, 0.717) is 16.1 Å². The van der Waals surface area contributed by atoms with Crippen molar-refractivity contribution in [3.8, 4) is 0 Å². The third-order valence-electron chi connectivity index (χ3n) is 2.97. The Hall–Kier alpha value is -1.60. The zero-order valence-corrected chi connectivity index (χ0v) is 14.4. The highest BCUT2D eigenvalue weighted by Gasteiger charge is 2.18. The van der Waals surface area contributed by atoms with Crippen molar-refractivity contribution in [2.75, 3.05) is 4.72 Å². The highest BCUT2D eigenvalue weighted by Crippen LogP contribution is 2.32. The summed E-state index contributed by atoms with van der Waals surface area (Å²) >= 11 is 18.0. The first-order chi connectivity index (χ1) is 10.9. The van der Waals surface area contributed by atoms with Crippen molar-refractivity contribution in [2.45, 2.75) is 4.90 Å². The molecule has 5 nitrogen and oxygen atoms in total. The van der Waals surface area contributed by atoms with Gasteiger partial charge >= 0.3 is 0 Å². The number of anilines is 1. The van der Waals surface area contributed by atoms with Crippen molar-refractivity contribution >= 4 is 61.7 Å². The molecule has 2 aromatic carbocycles. The maximum atomic E-state index is 12.3. The third kappa shape index (κ3) is 3.21. The molecule has 0 fully saturated rings. The van der Waals surface area contributed by atoms with Crippen LogP contribution in [0, 0.1) is 0 Å². The fourth-order valence-corrected chi connectivity index (χ4v) is 3.51. The molecule has 0 saturated heterocycles. The molecule has 0 saturated carbocycles. The summed E-state index contributed by atoms with van der Waals surface area (Å²) < 4.78 is 27.0. The van der Waals surface area contributed by atoms with Gasteiger partial charge in [0.2, 0.25) is 0 Å². The Morgan fingerprint density at radius 3 is 2.30 bits per heavy atom. The molecule has 0 spiro atoms. The van der Waals surface area contributed by atoms with Crippen LogP contribution < -0.4 is 4.72 Å². The summed E-state index contributed by atoms with van der Waals surface area (Å²) in [4.78, 5) is 8.32. The summed E-state index contributed by atoms with van der Waals surface area (Å²) in [6.45, 7) is 0. The summed E-state index contributed by atoms with van der Waals surface area (Å²) in [6, 6.07) is 11.0. The molecule has 1 heterocycles. The van der Waals surface area contributed by atoms with E-state index in [1.54, 1.807) is 30.3 Å². The first kappa shape index (κ1) is 16.3. The van der Waals surface area contributed by atoms with E-state index in [4.69, 9.17) is 34.8 Å². The van der Waals surface area contributed by atoms with Gasteiger partial charge in [0.1, 0.15) is 5.52 Å². The molecule has 118 valence electrons. The number of nitrogens with one attached hydrogen (secondary N) is 1. The predicted octanol–water partition coefficient (Wildman–Crippen LogP) is 4.39. The Balaban J connectivity index is 2.08. The van der Waals surface area contributed by atoms with Gasteiger partial charge in [-0.3, -0.25) is 4.72 Å².